The standard InChI is InChI=1S/C31H35N5O4S/c1-19(2)29-34-35-30(41-29)20-9-11-24(12-10-20)39-25-16-21(7-8-23(25)18-36-14-5-6-26(36)37)27-32-33-28(40-27)22-13-15-38-31(3,4)17-22/h7-12,16,19,22H,5-6,13-15,17-18H2,1-4H3. The first-order valence-electron chi connectivity index (χ1n) is 14.2. The molecule has 2 saturated heterocycles. The van der Waals surface area contributed by atoms with Crippen molar-refractivity contribution in [2.75, 3.05) is 13.2 Å². The summed E-state index contributed by atoms with van der Waals surface area (Å²) in [5, 5.41) is 19.3. The monoisotopic (exact) mass is 573 g/mol. The number of ether oxygens (including phenoxy) is 2. The summed E-state index contributed by atoms with van der Waals surface area (Å²) in [5.74, 6) is 3.10. The molecular formula is C31H35N5O4S. The molecule has 2 aromatic carbocycles. The lowest BCUT2D eigenvalue weighted by molar-refractivity contribution is -0.128. The molecule has 0 N–H and O–H groups in total. The Bertz CT molecular complexity index is 1530. The Morgan fingerprint density at radius 1 is 1.07 bits per heavy atom. The average molecular weight is 574 g/mol. The number of carbonyl (C=O) groups is 1. The Kier molecular flexibility index (Phi) is 7.61. The summed E-state index contributed by atoms with van der Waals surface area (Å²) in [5.41, 5.74) is 2.47. The zero-order valence-corrected chi connectivity index (χ0v) is 24.7. The molecular weight excluding hydrogens is 538 g/mol. The van der Waals surface area contributed by atoms with E-state index in [0.717, 1.165) is 52.5 Å². The van der Waals surface area contributed by atoms with E-state index in [1.54, 1.807) is 11.3 Å². The van der Waals surface area contributed by atoms with Gasteiger partial charge in [0.25, 0.3) is 0 Å². The number of aromatic nitrogens is 4. The highest BCUT2D eigenvalue weighted by Gasteiger charge is 2.33. The number of amides is 1. The minimum Gasteiger partial charge on any atom is -0.457 e. The average Bonchev–Trinajstić information content (AvgIpc) is 3.71. The quantitative estimate of drug-likeness (QED) is 0.223. The molecule has 2 aromatic heterocycles. The molecule has 1 amide bonds. The van der Waals surface area contributed by atoms with Crippen LogP contribution in [-0.2, 0) is 16.1 Å². The number of benzene rings is 2. The van der Waals surface area contributed by atoms with Gasteiger partial charge in [-0.15, -0.1) is 20.4 Å². The highest BCUT2D eigenvalue weighted by atomic mass is 32.1. The molecule has 1 unspecified atom stereocenters. The zero-order valence-electron chi connectivity index (χ0n) is 23.9. The Morgan fingerprint density at radius 3 is 2.59 bits per heavy atom. The van der Waals surface area contributed by atoms with Crippen LogP contribution < -0.4 is 4.74 Å². The molecule has 10 heteroatoms. The Morgan fingerprint density at radius 2 is 1.88 bits per heavy atom. The van der Waals surface area contributed by atoms with E-state index < -0.39 is 0 Å². The summed E-state index contributed by atoms with van der Waals surface area (Å²) in [6, 6.07) is 13.7. The SMILES string of the molecule is CC(C)c1nnc(-c2ccc(Oc3cc(-c4nnc(C5CCOC(C)(C)C5)o4)ccc3CN3CCCC3=O)cc2)s1. The van der Waals surface area contributed by atoms with Crippen molar-refractivity contribution in [1.29, 1.82) is 0 Å². The van der Waals surface area contributed by atoms with Crippen LogP contribution in [0, 0.1) is 0 Å². The maximum absolute atomic E-state index is 12.4. The first-order valence-corrected chi connectivity index (χ1v) is 15.1. The Hall–Kier alpha value is -3.63. The largest absolute Gasteiger partial charge is 0.457 e. The molecule has 0 radical (unpaired) electrons. The molecule has 214 valence electrons. The van der Waals surface area contributed by atoms with Crippen LogP contribution in [0.25, 0.3) is 22.0 Å². The molecule has 6 rings (SSSR count). The van der Waals surface area contributed by atoms with Gasteiger partial charge in [0.15, 0.2) is 0 Å². The number of hydrogen-bond donors (Lipinski definition) is 0. The van der Waals surface area contributed by atoms with E-state index in [0.29, 0.717) is 48.8 Å². The molecule has 0 bridgehead atoms. The van der Waals surface area contributed by atoms with Gasteiger partial charge in [-0.3, -0.25) is 4.79 Å². The maximum Gasteiger partial charge on any atom is 0.247 e. The van der Waals surface area contributed by atoms with Gasteiger partial charge in [0.2, 0.25) is 17.7 Å². The van der Waals surface area contributed by atoms with Crippen molar-refractivity contribution in [2.24, 2.45) is 0 Å². The highest BCUT2D eigenvalue weighted by molar-refractivity contribution is 7.14. The van der Waals surface area contributed by atoms with E-state index in [4.69, 9.17) is 13.9 Å². The number of hydrogen-bond acceptors (Lipinski definition) is 9. The number of nitrogens with zero attached hydrogens (tertiary/aromatic N) is 5. The summed E-state index contributed by atoms with van der Waals surface area (Å²) in [6.07, 6.45) is 3.16. The van der Waals surface area contributed by atoms with Crippen LogP contribution >= 0.6 is 11.3 Å². The molecule has 0 spiro atoms. The van der Waals surface area contributed by atoms with Crippen LogP contribution in [0.3, 0.4) is 0 Å². The van der Waals surface area contributed by atoms with Crippen LogP contribution in [0.5, 0.6) is 11.5 Å². The summed E-state index contributed by atoms with van der Waals surface area (Å²) >= 11 is 1.61. The van der Waals surface area contributed by atoms with Crippen molar-refractivity contribution < 1.29 is 18.7 Å². The van der Waals surface area contributed by atoms with Gasteiger partial charge in [0.1, 0.15) is 21.5 Å². The first kappa shape index (κ1) is 27.5. The lowest BCUT2D eigenvalue weighted by Gasteiger charge is -2.33. The van der Waals surface area contributed by atoms with Crippen LogP contribution in [0.15, 0.2) is 46.9 Å². The van der Waals surface area contributed by atoms with Crippen molar-refractivity contribution in [3.63, 3.8) is 0 Å². The molecule has 2 fully saturated rings. The van der Waals surface area contributed by atoms with Crippen molar-refractivity contribution in [1.82, 2.24) is 25.3 Å². The third-order valence-electron chi connectivity index (χ3n) is 7.60. The van der Waals surface area contributed by atoms with Crippen LogP contribution in [0.4, 0.5) is 0 Å². The number of rotatable bonds is 8. The van der Waals surface area contributed by atoms with Crippen molar-refractivity contribution >= 4 is 17.2 Å². The van der Waals surface area contributed by atoms with Crippen molar-refractivity contribution in [3.05, 3.63) is 58.9 Å². The smallest absolute Gasteiger partial charge is 0.247 e. The topological polar surface area (TPSA) is 103 Å². The Balaban J connectivity index is 1.26. The van der Waals surface area contributed by atoms with Crippen molar-refractivity contribution in [2.45, 2.75) is 77.4 Å². The highest BCUT2D eigenvalue weighted by Crippen LogP contribution is 2.38. The van der Waals surface area contributed by atoms with Gasteiger partial charge in [-0.25, -0.2) is 0 Å². The molecule has 1 atom stereocenters. The number of likely N-dealkylation sites (tertiary alicyclic amines) is 1. The fourth-order valence-electron chi connectivity index (χ4n) is 5.33. The second-order valence-electron chi connectivity index (χ2n) is 11.7. The second kappa shape index (κ2) is 11.3. The molecule has 9 nitrogen and oxygen atoms in total. The van der Waals surface area contributed by atoms with Crippen LogP contribution in [-0.4, -0.2) is 50.0 Å². The minimum atomic E-state index is -0.213. The Labute approximate surface area is 243 Å². The molecule has 41 heavy (non-hydrogen) atoms. The van der Waals surface area contributed by atoms with E-state index in [1.807, 2.05) is 47.4 Å². The first-order chi connectivity index (χ1) is 19.7. The number of carbonyl (C=O) groups excluding carboxylic acids is 1. The molecule has 2 aliphatic heterocycles. The lowest BCUT2D eigenvalue weighted by atomic mass is 9.88. The van der Waals surface area contributed by atoms with Gasteiger partial charge < -0.3 is 18.8 Å². The van der Waals surface area contributed by atoms with E-state index in [9.17, 15) is 4.79 Å². The third-order valence-corrected chi connectivity index (χ3v) is 8.87. The predicted octanol–water partition coefficient (Wildman–Crippen LogP) is 6.97. The van der Waals surface area contributed by atoms with Gasteiger partial charge in [0, 0.05) is 54.6 Å². The third kappa shape index (κ3) is 6.18. The summed E-state index contributed by atoms with van der Waals surface area (Å²) < 4.78 is 18.5. The van der Waals surface area contributed by atoms with E-state index in [-0.39, 0.29) is 17.4 Å². The minimum absolute atomic E-state index is 0.166. The van der Waals surface area contributed by atoms with E-state index in [2.05, 4.69) is 48.1 Å². The lowest BCUT2D eigenvalue weighted by Crippen LogP contribution is -2.33. The fourth-order valence-corrected chi connectivity index (χ4v) is 6.18. The molecule has 2 aliphatic rings. The predicted molar refractivity (Wildman–Crippen MR) is 156 cm³/mol. The molecule has 0 saturated carbocycles. The summed E-state index contributed by atoms with van der Waals surface area (Å²) in [7, 11) is 0. The fraction of sp³-hybridized carbons (Fsp3) is 0.452. The zero-order chi connectivity index (χ0) is 28.6. The summed E-state index contributed by atoms with van der Waals surface area (Å²) in [4.78, 5) is 14.3. The second-order valence-corrected chi connectivity index (χ2v) is 12.7. The van der Waals surface area contributed by atoms with Gasteiger partial charge in [0.05, 0.1) is 5.60 Å². The van der Waals surface area contributed by atoms with Gasteiger partial charge in [-0.2, -0.15) is 0 Å². The molecule has 4 aromatic rings. The van der Waals surface area contributed by atoms with Crippen LogP contribution in [0.1, 0.15) is 81.7 Å². The van der Waals surface area contributed by atoms with E-state index >= 15 is 0 Å². The molecule has 4 heterocycles. The normalized spacial score (nSPS) is 18.8. The van der Waals surface area contributed by atoms with E-state index in [1.165, 1.54) is 0 Å². The van der Waals surface area contributed by atoms with Gasteiger partial charge in [-0.05, 0) is 69.5 Å². The van der Waals surface area contributed by atoms with Crippen molar-refractivity contribution in [3.8, 4) is 33.5 Å². The molecule has 0 aliphatic carbocycles. The summed E-state index contributed by atoms with van der Waals surface area (Å²) in [6.45, 7) is 10.3. The van der Waals surface area contributed by atoms with Crippen LogP contribution in [0.2, 0.25) is 0 Å². The van der Waals surface area contributed by atoms with Gasteiger partial charge >= 0.3 is 0 Å². The maximum atomic E-state index is 12.4. The van der Waals surface area contributed by atoms with Gasteiger partial charge in [-0.1, -0.05) is 31.3 Å².